The number of esters is 1. The van der Waals surface area contributed by atoms with Gasteiger partial charge in [0.2, 0.25) is 5.79 Å². The van der Waals surface area contributed by atoms with Gasteiger partial charge in [0, 0.05) is 19.3 Å². The lowest BCUT2D eigenvalue weighted by molar-refractivity contribution is -0.252. The van der Waals surface area contributed by atoms with Crippen molar-refractivity contribution in [1.82, 2.24) is 0 Å². The summed E-state index contributed by atoms with van der Waals surface area (Å²) >= 11 is 0. The Balaban J connectivity index is 1.22. The predicted molar refractivity (Wildman–Crippen MR) is 128 cm³/mol. The predicted octanol–water partition coefficient (Wildman–Crippen LogP) is 5.54. The van der Waals surface area contributed by atoms with Crippen LogP contribution in [-0.2, 0) is 23.8 Å². The zero-order valence-corrected chi connectivity index (χ0v) is 21.8. The number of carbonyl (C=O) groups is 2. The van der Waals surface area contributed by atoms with Gasteiger partial charge in [-0.05, 0) is 97.7 Å². The monoisotopic (exact) mass is 472 g/mol. The molecule has 34 heavy (non-hydrogen) atoms. The Morgan fingerprint density at radius 1 is 1.00 bits per heavy atom. The highest BCUT2D eigenvalue weighted by molar-refractivity contribution is 5.87. The molecule has 6 rings (SSSR count). The molecule has 0 amide bonds. The Morgan fingerprint density at radius 3 is 2.50 bits per heavy atom. The molecule has 1 spiro atoms. The zero-order valence-electron chi connectivity index (χ0n) is 21.8. The van der Waals surface area contributed by atoms with Gasteiger partial charge < -0.3 is 14.2 Å². The maximum absolute atomic E-state index is 13.2. The number of hydrogen-bond donors (Lipinski definition) is 0. The minimum Gasteiger partial charge on any atom is -0.463 e. The first-order chi connectivity index (χ1) is 16.1. The molecule has 5 heteroatoms. The largest absolute Gasteiger partial charge is 0.463 e. The lowest BCUT2D eigenvalue weighted by Crippen LogP contribution is -2.56. The van der Waals surface area contributed by atoms with E-state index in [1.54, 1.807) is 6.92 Å². The molecule has 6 fully saturated rings. The smallest absolute Gasteiger partial charge is 0.302 e. The molecule has 4 aliphatic carbocycles. The Labute approximate surface area is 205 Å². The van der Waals surface area contributed by atoms with E-state index < -0.39 is 5.79 Å². The van der Waals surface area contributed by atoms with Crippen molar-refractivity contribution in [2.45, 2.75) is 110 Å². The van der Waals surface area contributed by atoms with Crippen molar-refractivity contribution in [3.8, 4) is 0 Å². The summed E-state index contributed by atoms with van der Waals surface area (Å²) in [4.78, 5) is 24.7. The van der Waals surface area contributed by atoms with Gasteiger partial charge in [0.05, 0.1) is 12.7 Å². The average molecular weight is 473 g/mol. The van der Waals surface area contributed by atoms with Crippen LogP contribution in [0.3, 0.4) is 0 Å². The summed E-state index contributed by atoms with van der Waals surface area (Å²) in [6.45, 7) is 11.6. The first kappa shape index (κ1) is 23.5. The number of Topliss-reactive ketones (excluding diaryl/α,β-unsaturated/α-hetero) is 1. The fourth-order valence-corrected chi connectivity index (χ4v) is 10.5. The molecule has 5 nitrogen and oxygen atoms in total. The topological polar surface area (TPSA) is 61.8 Å². The minimum atomic E-state index is -0.981. The molecule has 2 saturated heterocycles. The summed E-state index contributed by atoms with van der Waals surface area (Å²) in [5.41, 5.74) is 0.602. The van der Waals surface area contributed by atoms with Crippen LogP contribution in [0.2, 0.25) is 0 Å². The van der Waals surface area contributed by atoms with E-state index in [4.69, 9.17) is 14.2 Å². The standard InChI is InChI=1S/C29H44O5/c1-16-12-25(31)29(32-15-16)17(2)26-24(34-29)14-23-21-7-6-19-13-20(33-18(3)30)8-10-27(19,4)22(21)9-11-28(23,26)5/h16-17,19-24,26H,6-15H2,1-5H3/t16-,17+,19+,20+,21-,22+,23+,24+,26+,27+,28+,29-/m1/s1. The average Bonchev–Trinajstić information content (AvgIpc) is 3.22. The number of carbonyl (C=O) groups excluding carboxylic acids is 2. The summed E-state index contributed by atoms with van der Waals surface area (Å²) in [6, 6.07) is 0. The van der Waals surface area contributed by atoms with Crippen molar-refractivity contribution < 1.29 is 23.8 Å². The molecule has 6 aliphatic rings. The molecule has 0 N–H and O–H groups in total. The van der Waals surface area contributed by atoms with Crippen LogP contribution in [0.4, 0.5) is 0 Å². The first-order valence-electron chi connectivity index (χ1n) is 14.1. The molecular weight excluding hydrogens is 428 g/mol. The van der Waals surface area contributed by atoms with Crippen LogP contribution in [0.1, 0.15) is 92.4 Å². The minimum absolute atomic E-state index is 0.119. The van der Waals surface area contributed by atoms with E-state index in [0.29, 0.717) is 42.1 Å². The van der Waals surface area contributed by atoms with Crippen molar-refractivity contribution in [2.24, 2.45) is 52.3 Å². The second kappa shape index (κ2) is 7.78. The van der Waals surface area contributed by atoms with Gasteiger partial charge in [-0.3, -0.25) is 9.59 Å². The fourth-order valence-electron chi connectivity index (χ4n) is 10.5. The highest BCUT2D eigenvalue weighted by atomic mass is 16.7. The van der Waals surface area contributed by atoms with Gasteiger partial charge in [0.25, 0.3) is 0 Å². The molecule has 0 bridgehead atoms. The van der Waals surface area contributed by atoms with Crippen molar-refractivity contribution >= 4 is 11.8 Å². The van der Waals surface area contributed by atoms with Gasteiger partial charge in [-0.15, -0.1) is 0 Å². The SMILES string of the molecule is CC(=O)O[C@H]1CC[C@@]2(C)[C@@H](CC[C@@H]3[C@@H]2CC[C@]2(C)[C@@H]4[C@H](C[C@@H]32)O[C@]2(OC[C@H](C)CC2=O)[C@H]4C)C1. The molecule has 0 aromatic carbocycles. The van der Waals surface area contributed by atoms with Crippen molar-refractivity contribution in [3.05, 3.63) is 0 Å². The quantitative estimate of drug-likeness (QED) is 0.469. The third-order valence-corrected chi connectivity index (χ3v) is 12.0. The van der Waals surface area contributed by atoms with Crippen LogP contribution in [0.5, 0.6) is 0 Å². The summed E-state index contributed by atoms with van der Waals surface area (Å²) in [5, 5.41) is 0. The van der Waals surface area contributed by atoms with E-state index in [0.717, 1.165) is 31.1 Å². The molecule has 12 atom stereocenters. The fraction of sp³-hybridized carbons (Fsp3) is 0.931. The van der Waals surface area contributed by atoms with Crippen LogP contribution >= 0.6 is 0 Å². The van der Waals surface area contributed by atoms with Gasteiger partial charge in [-0.1, -0.05) is 27.7 Å². The third kappa shape index (κ3) is 3.11. The Bertz CT molecular complexity index is 871. The maximum Gasteiger partial charge on any atom is 0.302 e. The molecule has 0 aromatic rings. The number of hydrogen-bond acceptors (Lipinski definition) is 5. The van der Waals surface area contributed by atoms with Gasteiger partial charge in [0.1, 0.15) is 6.10 Å². The zero-order chi connectivity index (χ0) is 24.0. The Morgan fingerprint density at radius 2 is 1.76 bits per heavy atom. The number of ether oxygens (including phenoxy) is 3. The summed E-state index contributed by atoms with van der Waals surface area (Å²) < 4.78 is 18.6. The molecule has 190 valence electrons. The van der Waals surface area contributed by atoms with Gasteiger partial charge >= 0.3 is 5.97 Å². The second-order valence-corrected chi connectivity index (χ2v) is 13.6. The van der Waals surface area contributed by atoms with E-state index in [1.165, 1.54) is 32.1 Å². The molecule has 4 saturated carbocycles. The number of fused-ring (bicyclic) bond motifs is 7. The second-order valence-electron chi connectivity index (χ2n) is 13.6. The number of ketones is 1. The molecule has 0 radical (unpaired) electrons. The highest BCUT2D eigenvalue weighted by Gasteiger charge is 2.70. The number of rotatable bonds is 1. The lowest BCUT2D eigenvalue weighted by Gasteiger charge is -2.61. The van der Waals surface area contributed by atoms with Gasteiger partial charge in [-0.2, -0.15) is 0 Å². The Hall–Kier alpha value is -0.940. The van der Waals surface area contributed by atoms with E-state index in [-0.39, 0.29) is 35.3 Å². The van der Waals surface area contributed by atoms with Crippen LogP contribution in [0, 0.1) is 52.3 Å². The molecule has 2 heterocycles. The maximum atomic E-state index is 13.2. The summed E-state index contributed by atoms with van der Waals surface area (Å²) in [6.07, 6.45) is 10.3. The molecular formula is C29H44O5. The van der Waals surface area contributed by atoms with Gasteiger partial charge in [0.15, 0.2) is 5.78 Å². The highest BCUT2D eigenvalue weighted by Crippen LogP contribution is 2.71. The van der Waals surface area contributed by atoms with E-state index in [1.807, 2.05) is 0 Å². The normalized spacial score (nSPS) is 56.4. The van der Waals surface area contributed by atoms with Crippen molar-refractivity contribution in [2.75, 3.05) is 6.61 Å². The first-order valence-corrected chi connectivity index (χ1v) is 14.1. The van der Waals surface area contributed by atoms with Crippen LogP contribution < -0.4 is 0 Å². The Kier molecular flexibility index (Phi) is 5.37. The van der Waals surface area contributed by atoms with E-state index >= 15 is 0 Å². The summed E-state index contributed by atoms with van der Waals surface area (Å²) in [5.74, 6) is 2.79. The molecule has 0 unspecified atom stereocenters. The van der Waals surface area contributed by atoms with Crippen LogP contribution in [0.25, 0.3) is 0 Å². The summed E-state index contributed by atoms with van der Waals surface area (Å²) in [7, 11) is 0. The third-order valence-electron chi connectivity index (χ3n) is 12.0. The van der Waals surface area contributed by atoms with E-state index in [2.05, 4.69) is 27.7 Å². The van der Waals surface area contributed by atoms with Crippen molar-refractivity contribution in [3.63, 3.8) is 0 Å². The van der Waals surface area contributed by atoms with Gasteiger partial charge in [-0.25, -0.2) is 0 Å². The molecule has 2 aliphatic heterocycles. The van der Waals surface area contributed by atoms with Crippen LogP contribution in [0.15, 0.2) is 0 Å². The lowest BCUT2D eigenvalue weighted by atomic mass is 9.44. The van der Waals surface area contributed by atoms with Crippen molar-refractivity contribution in [1.29, 1.82) is 0 Å². The van der Waals surface area contributed by atoms with E-state index in [9.17, 15) is 9.59 Å². The van der Waals surface area contributed by atoms with Crippen LogP contribution in [-0.4, -0.2) is 36.4 Å². The molecule has 0 aromatic heterocycles.